The zero-order valence-corrected chi connectivity index (χ0v) is 14.0. The maximum absolute atomic E-state index is 12.6. The SMILES string of the molecule is Cc1oc(C)c(C(=O)N(C)Cc2cccc(Cl)c2Cl)c1C. The van der Waals surface area contributed by atoms with Gasteiger partial charge in [0.15, 0.2) is 0 Å². The largest absolute Gasteiger partial charge is 0.466 e. The molecule has 1 aromatic heterocycles. The molecule has 0 bridgehead atoms. The van der Waals surface area contributed by atoms with E-state index in [0.29, 0.717) is 27.9 Å². The molecule has 0 fully saturated rings. The predicted octanol–water partition coefficient (Wildman–Crippen LogP) is 4.78. The van der Waals surface area contributed by atoms with Gasteiger partial charge in [-0.25, -0.2) is 0 Å². The third kappa shape index (κ3) is 3.09. The van der Waals surface area contributed by atoms with Crippen molar-refractivity contribution in [3.63, 3.8) is 0 Å². The maximum Gasteiger partial charge on any atom is 0.257 e. The highest BCUT2D eigenvalue weighted by Crippen LogP contribution is 2.27. The van der Waals surface area contributed by atoms with Crippen LogP contribution in [0.3, 0.4) is 0 Å². The molecule has 0 N–H and O–H groups in total. The molecule has 0 aliphatic carbocycles. The number of benzene rings is 1. The lowest BCUT2D eigenvalue weighted by Crippen LogP contribution is -2.27. The van der Waals surface area contributed by atoms with Gasteiger partial charge in [-0.3, -0.25) is 4.79 Å². The Morgan fingerprint density at radius 2 is 1.86 bits per heavy atom. The number of nitrogens with zero attached hydrogens (tertiary/aromatic N) is 1. The molecule has 0 aliphatic heterocycles. The molecule has 0 spiro atoms. The summed E-state index contributed by atoms with van der Waals surface area (Å²) in [4.78, 5) is 14.2. The summed E-state index contributed by atoms with van der Waals surface area (Å²) in [5.74, 6) is 1.32. The molecular formula is C16H17Cl2NO2. The van der Waals surface area contributed by atoms with E-state index in [9.17, 15) is 4.79 Å². The minimum Gasteiger partial charge on any atom is -0.466 e. The first-order chi connectivity index (χ1) is 9.82. The van der Waals surface area contributed by atoms with Gasteiger partial charge < -0.3 is 9.32 Å². The highest BCUT2D eigenvalue weighted by atomic mass is 35.5. The molecule has 112 valence electrons. The molecule has 1 aromatic carbocycles. The summed E-state index contributed by atoms with van der Waals surface area (Å²) < 4.78 is 5.51. The van der Waals surface area contributed by atoms with E-state index >= 15 is 0 Å². The average Bonchev–Trinajstić information content (AvgIpc) is 2.68. The summed E-state index contributed by atoms with van der Waals surface area (Å²) in [5.41, 5.74) is 2.31. The Bertz CT molecular complexity index is 692. The number of hydrogen-bond donors (Lipinski definition) is 0. The highest BCUT2D eigenvalue weighted by Gasteiger charge is 2.22. The van der Waals surface area contributed by atoms with E-state index in [-0.39, 0.29) is 5.91 Å². The molecular weight excluding hydrogens is 309 g/mol. The molecule has 0 saturated carbocycles. The highest BCUT2D eigenvalue weighted by molar-refractivity contribution is 6.42. The zero-order chi connectivity index (χ0) is 15.7. The van der Waals surface area contributed by atoms with Crippen LogP contribution in [0, 0.1) is 20.8 Å². The second kappa shape index (κ2) is 6.12. The lowest BCUT2D eigenvalue weighted by molar-refractivity contribution is 0.0783. The number of halogens is 2. The van der Waals surface area contributed by atoms with Gasteiger partial charge in [0.05, 0.1) is 15.6 Å². The summed E-state index contributed by atoms with van der Waals surface area (Å²) in [7, 11) is 1.74. The van der Waals surface area contributed by atoms with E-state index in [1.807, 2.05) is 26.0 Å². The number of furan rings is 1. The van der Waals surface area contributed by atoms with E-state index < -0.39 is 0 Å². The average molecular weight is 326 g/mol. The fraction of sp³-hybridized carbons (Fsp3) is 0.312. The van der Waals surface area contributed by atoms with Crippen molar-refractivity contribution in [1.82, 2.24) is 4.90 Å². The Balaban J connectivity index is 2.26. The van der Waals surface area contributed by atoms with Gasteiger partial charge in [-0.05, 0) is 32.4 Å². The van der Waals surface area contributed by atoms with E-state index in [1.165, 1.54) is 0 Å². The van der Waals surface area contributed by atoms with Gasteiger partial charge in [0, 0.05) is 19.2 Å². The van der Waals surface area contributed by atoms with Gasteiger partial charge in [-0.15, -0.1) is 0 Å². The number of amides is 1. The lowest BCUT2D eigenvalue weighted by Gasteiger charge is -2.18. The van der Waals surface area contributed by atoms with Crippen molar-refractivity contribution >= 4 is 29.1 Å². The maximum atomic E-state index is 12.6. The minimum atomic E-state index is -0.0853. The number of aryl methyl sites for hydroxylation is 2. The smallest absolute Gasteiger partial charge is 0.257 e. The van der Waals surface area contributed by atoms with Crippen LogP contribution in [0.25, 0.3) is 0 Å². The lowest BCUT2D eigenvalue weighted by atomic mass is 10.1. The molecule has 0 atom stereocenters. The molecule has 2 rings (SSSR count). The molecule has 0 aliphatic rings. The molecule has 2 aromatic rings. The summed E-state index contributed by atoms with van der Waals surface area (Å²) in [5, 5.41) is 0.970. The first-order valence-electron chi connectivity index (χ1n) is 6.57. The van der Waals surface area contributed by atoms with Gasteiger partial charge in [-0.2, -0.15) is 0 Å². The van der Waals surface area contributed by atoms with E-state index in [2.05, 4.69) is 0 Å². The van der Waals surface area contributed by atoms with Gasteiger partial charge in [-0.1, -0.05) is 35.3 Å². The van der Waals surface area contributed by atoms with Gasteiger partial charge in [0.1, 0.15) is 11.5 Å². The quantitative estimate of drug-likeness (QED) is 0.813. The normalized spacial score (nSPS) is 10.8. The van der Waals surface area contributed by atoms with Crippen LogP contribution in [-0.2, 0) is 6.54 Å². The number of carbonyl (C=O) groups is 1. The Morgan fingerprint density at radius 3 is 2.43 bits per heavy atom. The summed E-state index contributed by atoms with van der Waals surface area (Å²) in [6, 6.07) is 5.40. The van der Waals surface area contributed by atoms with E-state index in [4.69, 9.17) is 27.6 Å². The van der Waals surface area contributed by atoms with Crippen LogP contribution in [-0.4, -0.2) is 17.9 Å². The molecule has 5 heteroatoms. The Hall–Kier alpha value is -1.45. The summed E-state index contributed by atoms with van der Waals surface area (Å²) in [6.07, 6.45) is 0. The molecule has 21 heavy (non-hydrogen) atoms. The van der Waals surface area contributed by atoms with Gasteiger partial charge >= 0.3 is 0 Å². The van der Waals surface area contributed by atoms with E-state index in [0.717, 1.165) is 16.9 Å². The number of carbonyl (C=O) groups excluding carboxylic acids is 1. The standard InChI is InChI=1S/C16H17Cl2NO2/c1-9-10(2)21-11(3)14(9)16(20)19(4)8-12-6-5-7-13(17)15(12)18/h5-7H,8H2,1-4H3. The van der Waals surface area contributed by atoms with Crippen LogP contribution in [0.1, 0.15) is 33.0 Å². The minimum absolute atomic E-state index is 0.0853. The Labute approximate surface area is 134 Å². The molecule has 1 amide bonds. The van der Waals surface area contributed by atoms with Crippen LogP contribution in [0.4, 0.5) is 0 Å². The third-order valence-corrected chi connectivity index (χ3v) is 4.42. The van der Waals surface area contributed by atoms with Crippen molar-refractivity contribution in [3.05, 3.63) is 56.5 Å². The molecule has 1 heterocycles. The fourth-order valence-electron chi connectivity index (χ4n) is 2.30. The first kappa shape index (κ1) is 15.9. The van der Waals surface area contributed by atoms with Crippen molar-refractivity contribution in [3.8, 4) is 0 Å². The van der Waals surface area contributed by atoms with E-state index in [1.54, 1.807) is 24.9 Å². The first-order valence-corrected chi connectivity index (χ1v) is 7.33. The zero-order valence-electron chi connectivity index (χ0n) is 12.5. The topological polar surface area (TPSA) is 33.5 Å². The van der Waals surface area contributed by atoms with Crippen molar-refractivity contribution in [2.75, 3.05) is 7.05 Å². The van der Waals surface area contributed by atoms with Crippen LogP contribution in [0.15, 0.2) is 22.6 Å². The molecule has 0 unspecified atom stereocenters. The summed E-state index contributed by atoms with van der Waals surface area (Å²) >= 11 is 12.2. The van der Waals surface area contributed by atoms with Crippen molar-refractivity contribution in [2.24, 2.45) is 0 Å². The predicted molar refractivity (Wildman–Crippen MR) is 85.2 cm³/mol. The van der Waals surface area contributed by atoms with Crippen LogP contribution in [0.2, 0.25) is 10.0 Å². The second-order valence-electron chi connectivity index (χ2n) is 5.09. The fourth-order valence-corrected chi connectivity index (χ4v) is 2.68. The van der Waals surface area contributed by atoms with Gasteiger partial charge in [0.2, 0.25) is 0 Å². The Morgan fingerprint density at radius 1 is 1.19 bits per heavy atom. The van der Waals surface area contributed by atoms with Gasteiger partial charge in [0.25, 0.3) is 5.91 Å². The van der Waals surface area contributed by atoms with Crippen LogP contribution < -0.4 is 0 Å². The molecule has 0 radical (unpaired) electrons. The number of rotatable bonds is 3. The Kier molecular flexibility index (Phi) is 4.64. The number of hydrogen-bond acceptors (Lipinski definition) is 2. The van der Waals surface area contributed by atoms with Crippen molar-refractivity contribution < 1.29 is 9.21 Å². The third-order valence-electron chi connectivity index (χ3n) is 3.56. The molecule has 3 nitrogen and oxygen atoms in total. The summed E-state index contributed by atoms with van der Waals surface area (Å²) in [6.45, 7) is 5.93. The monoisotopic (exact) mass is 325 g/mol. The van der Waals surface area contributed by atoms with Crippen LogP contribution in [0.5, 0.6) is 0 Å². The van der Waals surface area contributed by atoms with Crippen molar-refractivity contribution in [2.45, 2.75) is 27.3 Å². The van der Waals surface area contributed by atoms with Crippen LogP contribution >= 0.6 is 23.2 Å². The molecule has 0 saturated heterocycles. The second-order valence-corrected chi connectivity index (χ2v) is 5.87. The van der Waals surface area contributed by atoms with Crippen molar-refractivity contribution in [1.29, 1.82) is 0 Å².